The summed E-state index contributed by atoms with van der Waals surface area (Å²) in [7, 11) is 1.69. The van der Waals surface area contributed by atoms with Crippen molar-refractivity contribution in [2.75, 3.05) is 24.7 Å². The minimum atomic E-state index is 0.179. The Bertz CT molecular complexity index is 304. The number of nitrogens with one attached hydrogen (secondary N) is 1. The number of benzene rings is 1. The van der Waals surface area contributed by atoms with Crippen molar-refractivity contribution in [2.45, 2.75) is 13.0 Å². The highest BCUT2D eigenvalue weighted by Crippen LogP contribution is 2.22. The molecule has 0 aromatic heterocycles. The molecule has 1 atom stereocenters. The topological polar surface area (TPSA) is 47.3 Å². The summed E-state index contributed by atoms with van der Waals surface area (Å²) in [4.78, 5) is 0. The maximum atomic E-state index is 5.82. The van der Waals surface area contributed by atoms with Crippen LogP contribution < -0.4 is 11.1 Å². The highest BCUT2D eigenvalue weighted by molar-refractivity contribution is 9.10. The minimum absolute atomic E-state index is 0.179. The first-order valence-corrected chi connectivity index (χ1v) is 5.24. The van der Waals surface area contributed by atoms with Gasteiger partial charge in [0.05, 0.1) is 17.5 Å². The van der Waals surface area contributed by atoms with Crippen molar-refractivity contribution in [3.05, 3.63) is 22.7 Å². The van der Waals surface area contributed by atoms with Crippen molar-refractivity contribution in [1.82, 2.24) is 0 Å². The van der Waals surface area contributed by atoms with Crippen molar-refractivity contribution in [1.29, 1.82) is 0 Å². The maximum Gasteiger partial charge on any atom is 0.0715 e. The SMILES string of the molecule is COC(C)CNc1ccc(Br)cc1N. The van der Waals surface area contributed by atoms with Crippen LogP contribution in [0.3, 0.4) is 0 Å². The van der Waals surface area contributed by atoms with Gasteiger partial charge in [0, 0.05) is 18.1 Å². The molecule has 1 aromatic rings. The monoisotopic (exact) mass is 258 g/mol. The Morgan fingerprint density at radius 3 is 2.86 bits per heavy atom. The summed E-state index contributed by atoms with van der Waals surface area (Å²) in [5.74, 6) is 0. The van der Waals surface area contributed by atoms with Gasteiger partial charge in [-0.1, -0.05) is 15.9 Å². The molecule has 0 saturated carbocycles. The number of methoxy groups -OCH3 is 1. The molecule has 0 bridgehead atoms. The summed E-state index contributed by atoms with van der Waals surface area (Å²) in [5, 5.41) is 3.22. The third-order valence-corrected chi connectivity index (χ3v) is 2.49. The van der Waals surface area contributed by atoms with Crippen molar-refractivity contribution >= 4 is 27.3 Å². The van der Waals surface area contributed by atoms with Gasteiger partial charge in [0.25, 0.3) is 0 Å². The van der Waals surface area contributed by atoms with Gasteiger partial charge in [-0.05, 0) is 25.1 Å². The summed E-state index contributed by atoms with van der Waals surface area (Å²) in [5.41, 5.74) is 7.50. The van der Waals surface area contributed by atoms with Crippen molar-refractivity contribution < 1.29 is 4.74 Å². The molecular weight excluding hydrogens is 244 g/mol. The molecule has 0 spiro atoms. The van der Waals surface area contributed by atoms with Gasteiger partial charge >= 0.3 is 0 Å². The Labute approximate surface area is 92.8 Å². The molecular formula is C10H15BrN2O. The number of hydrogen-bond acceptors (Lipinski definition) is 3. The lowest BCUT2D eigenvalue weighted by atomic mass is 10.2. The lowest BCUT2D eigenvalue weighted by Crippen LogP contribution is -2.18. The van der Waals surface area contributed by atoms with Gasteiger partial charge < -0.3 is 15.8 Å². The fourth-order valence-corrected chi connectivity index (χ4v) is 1.41. The highest BCUT2D eigenvalue weighted by atomic mass is 79.9. The molecule has 0 aliphatic carbocycles. The van der Waals surface area contributed by atoms with E-state index in [1.165, 1.54) is 0 Å². The first-order chi connectivity index (χ1) is 6.63. The summed E-state index contributed by atoms with van der Waals surface area (Å²) in [6.45, 7) is 2.75. The molecule has 14 heavy (non-hydrogen) atoms. The normalized spacial score (nSPS) is 12.5. The fraction of sp³-hybridized carbons (Fsp3) is 0.400. The molecule has 0 amide bonds. The van der Waals surface area contributed by atoms with Crippen LogP contribution in [-0.2, 0) is 4.74 Å². The summed E-state index contributed by atoms with van der Waals surface area (Å²) >= 11 is 3.36. The van der Waals surface area contributed by atoms with Crippen molar-refractivity contribution in [3.63, 3.8) is 0 Å². The zero-order chi connectivity index (χ0) is 10.6. The summed E-state index contributed by atoms with van der Waals surface area (Å²) in [6, 6.07) is 5.78. The molecule has 0 fully saturated rings. The van der Waals surface area contributed by atoms with E-state index in [-0.39, 0.29) is 6.10 Å². The second-order valence-corrected chi connectivity index (χ2v) is 4.07. The molecule has 1 unspecified atom stereocenters. The van der Waals surface area contributed by atoms with Crippen LogP contribution in [0.25, 0.3) is 0 Å². The standard InChI is InChI=1S/C10H15BrN2O/c1-7(14-2)6-13-10-4-3-8(11)5-9(10)12/h3-5,7,13H,6,12H2,1-2H3. The average molecular weight is 259 g/mol. The molecule has 78 valence electrons. The lowest BCUT2D eigenvalue weighted by molar-refractivity contribution is 0.129. The number of rotatable bonds is 4. The first-order valence-electron chi connectivity index (χ1n) is 4.45. The largest absolute Gasteiger partial charge is 0.397 e. The predicted octanol–water partition coefficient (Wildman–Crippen LogP) is 2.48. The molecule has 3 N–H and O–H groups in total. The highest BCUT2D eigenvalue weighted by Gasteiger charge is 2.02. The van der Waals surface area contributed by atoms with E-state index in [9.17, 15) is 0 Å². The summed E-state index contributed by atoms with van der Waals surface area (Å²) in [6.07, 6.45) is 0.179. The van der Waals surface area contributed by atoms with E-state index in [1.54, 1.807) is 7.11 Å². The van der Waals surface area contributed by atoms with E-state index in [2.05, 4.69) is 21.2 Å². The van der Waals surface area contributed by atoms with Gasteiger partial charge in [0.2, 0.25) is 0 Å². The van der Waals surface area contributed by atoms with Gasteiger partial charge in [0.15, 0.2) is 0 Å². The lowest BCUT2D eigenvalue weighted by Gasteiger charge is -2.13. The third kappa shape index (κ3) is 3.20. The minimum Gasteiger partial charge on any atom is -0.397 e. The Kier molecular flexibility index (Phi) is 4.22. The molecule has 0 heterocycles. The van der Waals surface area contributed by atoms with Crippen LogP contribution in [0.5, 0.6) is 0 Å². The van der Waals surface area contributed by atoms with Crippen LogP contribution >= 0.6 is 15.9 Å². The molecule has 0 saturated heterocycles. The molecule has 1 aromatic carbocycles. The van der Waals surface area contributed by atoms with Crippen LogP contribution in [0.4, 0.5) is 11.4 Å². The van der Waals surface area contributed by atoms with Crippen LogP contribution in [0.1, 0.15) is 6.92 Å². The zero-order valence-corrected chi connectivity index (χ0v) is 9.97. The molecule has 3 nitrogen and oxygen atoms in total. The number of ether oxygens (including phenoxy) is 1. The van der Waals surface area contributed by atoms with Crippen LogP contribution in [0.15, 0.2) is 22.7 Å². The Morgan fingerprint density at radius 1 is 1.57 bits per heavy atom. The zero-order valence-electron chi connectivity index (χ0n) is 8.38. The fourth-order valence-electron chi connectivity index (χ4n) is 1.03. The third-order valence-electron chi connectivity index (χ3n) is 2.00. The number of halogens is 1. The van der Waals surface area contributed by atoms with Gasteiger partial charge in [-0.25, -0.2) is 0 Å². The van der Waals surface area contributed by atoms with Crippen molar-refractivity contribution in [3.8, 4) is 0 Å². The van der Waals surface area contributed by atoms with Crippen LogP contribution in [0.2, 0.25) is 0 Å². The molecule has 0 aliphatic rings. The first kappa shape index (κ1) is 11.3. The Hall–Kier alpha value is -0.740. The van der Waals surface area contributed by atoms with E-state index >= 15 is 0 Å². The van der Waals surface area contributed by atoms with E-state index in [1.807, 2.05) is 25.1 Å². The quantitative estimate of drug-likeness (QED) is 0.816. The average Bonchev–Trinajstić information content (AvgIpc) is 2.16. The van der Waals surface area contributed by atoms with E-state index in [0.29, 0.717) is 0 Å². The number of nitrogens with two attached hydrogens (primary N) is 1. The second-order valence-electron chi connectivity index (χ2n) is 3.16. The maximum absolute atomic E-state index is 5.82. The van der Waals surface area contributed by atoms with Gasteiger partial charge in [0.1, 0.15) is 0 Å². The smallest absolute Gasteiger partial charge is 0.0715 e. The van der Waals surface area contributed by atoms with E-state index in [0.717, 1.165) is 22.4 Å². The van der Waals surface area contributed by atoms with Gasteiger partial charge in [-0.15, -0.1) is 0 Å². The van der Waals surface area contributed by atoms with Gasteiger partial charge in [-0.3, -0.25) is 0 Å². The molecule has 1 rings (SSSR count). The van der Waals surface area contributed by atoms with E-state index < -0.39 is 0 Å². The molecule has 4 heteroatoms. The van der Waals surface area contributed by atoms with Crippen LogP contribution in [-0.4, -0.2) is 19.8 Å². The number of hydrogen-bond donors (Lipinski definition) is 2. The van der Waals surface area contributed by atoms with Crippen LogP contribution in [0, 0.1) is 0 Å². The Balaban J connectivity index is 2.59. The predicted molar refractivity (Wildman–Crippen MR) is 63.5 cm³/mol. The Morgan fingerprint density at radius 2 is 2.29 bits per heavy atom. The second kappa shape index (κ2) is 5.22. The van der Waals surface area contributed by atoms with E-state index in [4.69, 9.17) is 10.5 Å². The number of nitrogen functional groups attached to an aromatic ring is 1. The van der Waals surface area contributed by atoms with Crippen molar-refractivity contribution in [2.24, 2.45) is 0 Å². The summed E-state index contributed by atoms with van der Waals surface area (Å²) < 4.78 is 6.11. The molecule has 0 radical (unpaired) electrons. The van der Waals surface area contributed by atoms with Gasteiger partial charge in [-0.2, -0.15) is 0 Å². The molecule has 0 aliphatic heterocycles. The number of anilines is 2.